The Balaban J connectivity index is 1.30. The third-order valence-corrected chi connectivity index (χ3v) is 5.53. The zero-order chi connectivity index (χ0) is 20.1. The number of morpholine rings is 1. The van der Waals surface area contributed by atoms with Gasteiger partial charge < -0.3 is 19.9 Å². The maximum atomic E-state index is 12.7. The summed E-state index contributed by atoms with van der Waals surface area (Å²) >= 11 is 0. The third kappa shape index (κ3) is 5.32. The molecular weight excluding hydrogens is 366 g/mol. The Bertz CT molecular complexity index is 791. The van der Waals surface area contributed by atoms with E-state index >= 15 is 0 Å². The third-order valence-electron chi connectivity index (χ3n) is 5.53. The molecule has 3 heterocycles. The molecule has 1 unspecified atom stereocenters. The van der Waals surface area contributed by atoms with Gasteiger partial charge in [-0.1, -0.05) is 30.3 Å². The zero-order valence-corrected chi connectivity index (χ0v) is 17.0. The Labute approximate surface area is 172 Å². The number of hydrogen-bond acceptors (Lipinski definition) is 6. The SMILES string of the molecule is CN1CCN(c2ccc(NC(=O)C3CN(Cc4ccccc4)CCO3)cn2)CC1. The lowest BCUT2D eigenvalue weighted by Crippen LogP contribution is -2.47. The van der Waals surface area contributed by atoms with E-state index < -0.39 is 6.10 Å². The molecule has 2 fully saturated rings. The fraction of sp³-hybridized carbons (Fsp3) is 0.455. The second-order valence-corrected chi connectivity index (χ2v) is 7.76. The molecule has 2 aromatic rings. The second-order valence-electron chi connectivity index (χ2n) is 7.76. The van der Waals surface area contributed by atoms with E-state index in [-0.39, 0.29) is 5.91 Å². The molecule has 29 heavy (non-hydrogen) atoms. The Morgan fingerprint density at radius 2 is 1.90 bits per heavy atom. The van der Waals surface area contributed by atoms with Crippen LogP contribution in [-0.2, 0) is 16.1 Å². The number of anilines is 2. The fourth-order valence-electron chi connectivity index (χ4n) is 3.75. The van der Waals surface area contributed by atoms with E-state index in [9.17, 15) is 4.79 Å². The van der Waals surface area contributed by atoms with Crippen molar-refractivity contribution in [3.63, 3.8) is 0 Å². The van der Waals surface area contributed by atoms with E-state index in [1.54, 1.807) is 6.20 Å². The van der Waals surface area contributed by atoms with Gasteiger partial charge in [0.05, 0.1) is 18.5 Å². The molecule has 0 bridgehead atoms. The minimum Gasteiger partial charge on any atom is -0.366 e. The largest absolute Gasteiger partial charge is 0.366 e. The summed E-state index contributed by atoms with van der Waals surface area (Å²) in [6.07, 6.45) is 1.26. The van der Waals surface area contributed by atoms with Crippen molar-refractivity contribution in [2.45, 2.75) is 12.6 Å². The molecule has 2 saturated heterocycles. The maximum absolute atomic E-state index is 12.7. The van der Waals surface area contributed by atoms with Crippen molar-refractivity contribution in [2.75, 3.05) is 63.1 Å². The predicted molar refractivity (Wildman–Crippen MR) is 114 cm³/mol. The van der Waals surface area contributed by atoms with Crippen LogP contribution in [-0.4, -0.2) is 79.7 Å². The van der Waals surface area contributed by atoms with E-state index in [1.165, 1.54) is 5.56 Å². The van der Waals surface area contributed by atoms with Crippen LogP contribution in [0.2, 0.25) is 0 Å². The number of nitrogens with zero attached hydrogens (tertiary/aromatic N) is 4. The number of carbonyl (C=O) groups excluding carboxylic acids is 1. The van der Waals surface area contributed by atoms with Gasteiger partial charge in [-0.3, -0.25) is 9.69 Å². The summed E-state index contributed by atoms with van der Waals surface area (Å²) in [5.74, 6) is 0.843. The molecule has 1 N–H and O–H groups in total. The molecule has 1 atom stereocenters. The lowest BCUT2D eigenvalue weighted by molar-refractivity contribution is -0.133. The number of rotatable bonds is 5. The molecule has 2 aliphatic rings. The van der Waals surface area contributed by atoms with Crippen molar-refractivity contribution >= 4 is 17.4 Å². The quantitative estimate of drug-likeness (QED) is 0.831. The van der Waals surface area contributed by atoms with Crippen LogP contribution in [0.1, 0.15) is 5.56 Å². The average Bonchev–Trinajstić information content (AvgIpc) is 2.76. The molecule has 154 valence electrons. The summed E-state index contributed by atoms with van der Waals surface area (Å²) in [6.45, 7) is 6.84. The van der Waals surface area contributed by atoms with Gasteiger partial charge in [-0.15, -0.1) is 0 Å². The molecule has 0 radical (unpaired) electrons. The second kappa shape index (κ2) is 9.35. The number of likely N-dealkylation sites (N-methyl/N-ethyl adjacent to an activating group) is 1. The predicted octanol–water partition coefficient (Wildman–Crippen LogP) is 1.67. The number of nitrogens with one attached hydrogen (secondary N) is 1. The van der Waals surface area contributed by atoms with Gasteiger partial charge in [0.25, 0.3) is 5.91 Å². The molecule has 1 aromatic carbocycles. The fourth-order valence-corrected chi connectivity index (χ4v) is 3.75. The van der Waals surface area contributed by atoms with Crippen molar-refractivity contribution in [1.29, 1.82) is 0 Å². The normalized spacial score (nSPS) is 21.1. The Kier molecular flexibility index (Phi) is 6.39. The first-order valence-electron chi connectivity index (χ1n) is 10.3. The Hall–Kier alpha value is -2.48. The molecule has 0 aliphatic carbocycles. The first-order valence-corrected chi connectivity index (χ1v) is 10.3. The lowest BCUT2D eigenvalue weighted by Gasteiger charge is -2.33. The standard InChI is InChI=1S/C22H29N5O2/c1-25-9-11-27(12-10-25)21-8-7-19(15-23-21)24-22(28)20-17-26(13-14-29-20)16-18-5-3-2-4-6-18/h2-8,15,20H,9-14,16-17H2,1H3,(H,24,28). The number of benzene rings is 1. The van der Waals surface area contributed by atoms with Crippen molar-refractivity contribution in [1.82, 2.24) is 14.8 Å². The monoisotopic (exact) mass is 395 g/mol. The minimum atomic E-state index is -0.468. The van der Waals surface area contributed by atoms with Crippen LogP contribution in [0.25, 0.3) is 0 Å². The topological polar surface area (TPSA) is 60.9 Å². The van der Waals surface area contributed by atoms with Crippen LogP contribution < -0.4 is 10.2 Å². The van der Waals surface area contributed by atoms with Crippen LogP contribution in [0.4, 0.5) is 11.5 Å². The van der Waals surface area contributed by atoms with Crippen molar-refractivity contribution in [3.8, 4) is 0 Å². The van der Waals surface area contributed by atoms with Crippen molar-refractivity contribution < 1.29 is 9.53 Å². The first kappa shape index (κ1) is 19.8. The van der Waals surface area contributed by atoms with Crippen LogP contribution in [0.15, 0.2) is 48.7 Å². The van der Waals surface area contributed by atoms with Gasteiger partial charge in [0.15, 0.2) is 0 Å². The molecule has 2 aliphatic heterocycles. The smallest absolute Gasteiger partial charge is 0.254 e. The molecular formula is C22H29N5O2. The van der Waals surface area contributed by atoms with Gasteiger partial charge in [0, 0.05) is 45.8 Å². The van der Waals surface area contributed by atoms with E-state index in [4.69, 9.17) is 4.74 Å². The Morgan fingerprint density at radius 1 is 1.10 bits per heavy atom. The number of aromatic nitrogens is 1. The van der Waals surface area contributed by atoms with Crippen molar-refractivity contribution in [3.05, 3.63) is 54.2 Å². The summed E-state index contributed by atoms with van der Waals surface area (Å²) < 4.78 is 5.72. The van der Waals surface area contributed by atoms with E-state index in [2.05, 4.69) is 44.2 Å². The zero-order valence-electron chi connectivity index (χ0n) is 17.0. The highest BCUT2D eigenvalue weighted by molar-refractivity contribution is 5.94. The van der Waals surface area contributed by atoms with E-state index in [0.717, 1.165) is 45.1 Å². The number of hydrogen-bond donors (Lipinski definition) is 1. The molecule has 4 rings (SSSR count). The van der Waals surface area contributed by atoms with Crippen LogP contribution in [0.3, 0.4) is 0 Å². The minimum absolute atomic E-state index is 0.114. The molecule has 0 saturated carbocycles. The maximum Gasteiger partial charge on any atom is 0.254 e. The van der Waals surface area contributed by atoms with Crippen LogP contribution in [0, 0.1) is 0 Å². The van der Waals surface area contributed by atoms with Gasteiger partial charge in [0.1, 0.15) is 11.9 Å². The van der Waals surface area contributed by atoms with Gasteiger partial charge in [-0.2, -0.15) is 0 Å². The molecule has 7 heteroatoms. The highest BCUT2D eigenvalue weighted by atomic mass is 16.5. The van der Waals surface area contributed by atoms with Crippen LogP contribution >= 0.6 is 0 Å². The van der Waals surface area contributed by atoms with E-state index in [1.807, 2.05) is 30.3 Å². The molecule has 1 amide bonds. The number of ether oxygens (including phenoxy) is 1. The van der Waals surface area contributed by atoms with E-state index in [0.29, 0.717) is 18.8 Å². The number of carbonyl (C=O) groups is 1. The number of piperazine rings is 1. The van der Waals surface area contributed by atoms with Gasteiger partial charge in [-0.25, -0.2) is 4.98 Å². The Morgan fingerprint density at radius 3 is 2.62 bits per heavy atom. The molecule has 1 aromatic heterocycles. The first-order chi connectivity index (χ1) is 14.2. The summed E-state index contributed by atoms with van der Waals surface area (Å²) in [4.78, 5) is 24.1. The average molecular weight is 396 g/mol. The molecule has 0 spiro atoms. The summed E-state index contributed by atoms with van der Waals surface area (Å²) in [7, 11) is 2.14. The number of amides is 1. The summed E-state index contributed by atoms with van der Waals surface area (Å²) in [6, 6.07) is 14.2. The highest BCUT2D eigenvalue weighted by Gasteiger charge is 2.27. The summed E-state index contributed by atoms with van der Waals surface area (Å²) in [5.41, 5.74) is 1.95. The van der Waals surface area contributed by atoms with Crippen molar-refractivity contribution in [2.24, 2.45) is 0 Å². The van der Waals surface area contributed by atoms with Gasteiger partial charge in [-0.05, 0) is 24.7 Å². The van der Waals surface area contributed by atoms with Crippen LogP contribution in [0.5, 0.6) is 0 Å². The number of pyridine rings is 1. The van der Waals surface area contributed by atoms with Gasteiger partial charge >= 0.3 is 0 Å². The lowest BCUT2D eigenvalue weighted by atomic mass is 10.2. The van der Waals surface area contributed by atoms with Gasteiger partial charge in [0.2, 0.25) is 0 Å². The summed E-state index contributed by atoms with van der Waals surface area (Å²) in [5, 5.41) is 2.95. The molecule has 7 nitrogen and oxygen atoms in total. The highest BCUT2D eigenvalue weighted by Crippen LogP contribution is 2.17.